The Kier molecular flexibility index (Phi) is 7.22. The van der Waals surface area contributed by atoms with Crippen molar-refractivity contribution >= 4 is 18.5 Å². The molecule has 4 atom stereocenters. The highest BCUT2D eigenvalue weighted by molar-refractivity contribution is 7.65. The third-order valence-electron chi connectivity index (χ3n) is 5.43. The van der Waals surface area contributed by atoms with E-state index in [9.17, 15) is 4.57 Å². The van der Waals surface area contributed by atoms with Crippen molar-refractivity contribution in [3.8, 4) is 0 Å². The van der Waals surface area contributed by atoms with E-state index in [1.165, 1.54) is 6.42 Å². The minimum atomic E-state index is -3.18. The smallest absolute Gasteiger partial charge is 0.300 e. The van der Waals surface area contributed by atoms with Crippen molar-refractivity contribution in [2.75, 3.05) is 19.0 Å². The minimum absolute atomic E-state index is 0.0305. The number of nitrogens with zero attached hydrogens (tertiary/aromatic N) is 1. The van der Waals surface area contributed by atoms with Crippen LogP contribution < -0.4 is 15.3 Å². The van der Waals surface area contributed by atoms with Gasteiger partial charge >= 0.3 is 0 Å². The first-order valence-electron chi connectivity index (χ1n) is 10.3. The Labute approximate surface area is 166 Å². The van der Waals surface area contributed by atoms with Gasteiger partial charge in [0.05, 0.1) is 11.4 Å². The highest BCUT2D eigenvalue weighted by Gasteiger charge is 2.39. The summed E-state index contributed by atoms with van der Waals surface area (Å²) in [6.07, 6.45) is 3.40. The van der Waals surface area contributed by atoms with Gasteiger partial charge in [-0.25, -0.2) is 5.09 Å². The van der Waals surface area contributed by atoms with Crippen molar-refractivity contribution in [1.82, 2.24) is 5.09 Å². The molecule has 1 N–H and O–H groups in total. The third kappa shape index (κ3) is 6.07. The van der Waals surface area contributed by atoms with E-state index in [0.29, 0.717) is 17.8 Å². The first kappa shape index (κ1) is 22.5. The molecule has 0 bridgehead atoms. The fourth-order valence-electron chi connectivity index (χ4n) is 3.97. The second-order valence-corrected chi connectivity index (χ2v) is 11.8. The molecule has 1 saturated carbocycles. The quantitative estimate of drug-likeness (QED) is 0.653. The number of hydrogen-bond acceptors (Lipinski definition) is 3. The Morgan fingerprint density at radius 3 is 2.22 bits per heavy atom. The van der Waals surface area contributed by atoms with Crippen molar-refractivity contribution < 1.29 is 9.09 Å². The minimum Gasteiger partial charge on any atom is -0.378 e. The number of nitrogens with one attached hydrogen (secondary N) is 1. The first-order chi connectivity index (χ1) is 12.4. The molecule has 1 aliphatic carbocycles. The Balaban J connectivity index is 2.36. The van der Waals surface area contributed by atoms with Crippen LogP contribution in [0.5, 0.6) is 0 Å². The van der Waals surface area contributed by atoms with Gasteiger partial charge in [-0.1, -0.05) is 27.2 Å². The molecule has 1 aliphatic rings. The van der Waals surface area contributed by atoms with Crippen LogP contribution in [-0.4, -0.2) is 25.7 Å². The van der Waals surface area contributed by atoms with E-state index in [1.807, 2.05) is 64.0 Å². The van der Waals surface area contributed by atoms with Crippen LogP contribution >= 0.6 is 7.52 Å². The second-order valence-electron chi connectivity index (χ2n) is 9.79. The van der Waals surface area contributed by atoms with E-state index in [2.05, 4.69) is 25.9 Å². The van der Waals surface area contributed by atoms with Gasteiger partial charge in [-0.05, 0) is 75.6 Å². The van der Waals surface area contributed by atoms with Gasteiger partial charge in [0.1, 0.15) is 0 Å². The molecule has 0 heterocycles. The predicted octanol–water partition coefficient (Wildman–Crippen LogP) is 5.44. The molecule has 0 spiro atoms. The number of rotatable bonds is 6. The fourth-order valence-corrected chi connectivity index (χ4v) is 6.32. The van der Waals surface area contributed by atoms with E-state index in [1.54, 1.807) is 0 Å². The summed E-state index contributed by atoms with van der Waals surface area (Å²) in [4.78, 5) is 2.05. The van der Waals surface area contributed by atoms with Crippen molar-refractivity contribution in [3.05, 3.63) is 24.3 Å². The predicted molar refractivity (Wildman–Crippen MR) is 117 cm³/mol. The van der Waals surface area contributed by atoms with E-state index in [4.69, 9.17) is 4.52 Å². The molecule has 0 amide bonds. The van der Waals surface area contributed by atoms with Crippen LogP contribution in [0.4, 0.5) is 5.69 Å². The Morgan fingerprint density at radius 1 is 1.15 bits per heavy atom. The molecule has 1 fully saturated rings. The zero-order chi connectivity index (χ0) is 20.4. The molecule has 1 aromatic carbocycles. The standard InChI is InChI=1S/C22H39N2O2P/c1-16(2)20-14-9-17(3)15-21(20)26-27(25,23-22(4,5)6)19-12-10-18(11-13-19)24(7)8/h10-13,16-17,20-21H,9,14-15H2,1-8H3,(H,23,25). The highest BCUT2D eigenvalue weighted by atomic mass is 31.2. The van der Waals surface area contributed by atoms with Gasteiger partial charge in [0.15, 0.2) is 0 Å². The van der Waals surface area contributed by atoms with E-state index in [0.717, 1.165) is 23.8 Å². The molecule has 5 heteroatoms. The maximum atomic E-state index is 14.1. The average molecular weight is 395 g/mol. The molecule has 27 heavy (non-hydrogen) atoms. The molecule has 0 aliphatic heterocycles. The normalized spacial score (nSPS) is 26.0. The van der Waals surface area contributed by atoms with E-state index < -0.39 is 7.52 Å². The Hall–Kier alpha value is -0.830. The lowest BCUT2D eigenvalue weighted by Gasteiger charge is -2.40. The summed E-state index contributed by atoms with van der Waals surface area (Å²) >= 11 is 0. The fraction of sp³-hybridized carbons (Fsp3) is 0.727. The molecular formula is C22H39N2O2P. The lowest BCUT2D eigenvalue weighted by molar-refractivity contribution is 0.0474. The molecule has 0 saturated heterocycles. The van der Waals surface area contributed by atoms with Crippen LogP contribution in [-0.2, 0) is 9.09 Å². The second kappa shape index (κ2) is 8.68. The summed E-state index contributed by atoms with van der Waals surface area (Å²) in [5.74, 6) is 1.60. The van der Waals surface area contributed by atoms with Crippen molar-refractivity contribution in [2.24, 2.45) is 17.8 Å². The highest BCUT2D eigenvalue weighted by Crippen LogP contribution is 2.49. The van der Waals surface area contributed by atoms with Crippen LogP contribution in [0.3, 0.4) is 0 Å². The average Bonchev–Trinajstić information content (AvgIpc) is 2.52. The van der Waals surface area contributed by atoms with Crippen molar-refractivity contribution in [2.45, 2.75) is 72.4 Å². The van der Waals surface area contributed by atoms with Crippen LogP contribution in [0.1, 0.15) is 60.8 Å². The Morgan fingerprint density at radius 2 is 1.74 bits per heavy atom. The van der Waals surface area contributed by atoms with Crippen molar-refractivity contribution in [3.63, 3.8) is 0 Å². The molecule has 2 rings (SSSR count). The zero-order valence-electron chi connectivity index (χ0n) is 18.5. The molecule has 1 aromatic rings. The summed E-state index contributed by atoms with van der Waals surface area (Å²) < 4.78 is 20.6. The Bertz CT molecular complexity index is 649. The SMILES string of the molecule is CC1CCC(C(C)C)C(OP(=O)(NC(C)(C)C)c2ccc(N(C)C)cc2)C1. The van der Waals surface area contributed by atoms with Gasteiger partial charge in [0, 0.05) is 25.3 Å². The number of anilines is 1. The van der Waals surface area contributed by atoms with Gasteiger partial charge in [-0.15, -0.1) is 0 Å². The van der Waals surface area contributed by atoms with Gasteiger partial charge in [-0.2, -0.15) is 0 Å². The lowest BCUT2D eigenvalue weighted by Crippen LogP contribution is -2.41. The molecule has 154 valence electrons. The maximum Gasteiger partial charge on any atom is 0.300 e. The molecule has 0 aromatic heterocycles. The van der Waals surface area contributed by atoms with Crippen LogP contribution in [0.15, 0.2) is 24.3 Å². The topological polar surface area (TPSA) is 41.6 Å². The first-order valence-corrected chi connectivity index (χ1v) is 11.9. The summed E-state index contributed by atoms with van der Waals surface area (Å²) in [6, 6.07) is 7.93. The largest absolute Gasteiger partial charge is 0.378 e. The van der Waals surface area contributed by atoms with Gasteiger partial charge in [0.2, 0.25) is 0 Å². The summed E-state index contributed by atoms with van der Waals surface area (Å²) in [6.45, 7) is 12.9. The van der Waals surface area contributed by atoms with Crippen molar-refractivity contribution in [1.29, 1.82) is 0 Å². The lowest BCUT2D eigenvalue weighted by atomic mass is 9.75. The summed E-state index contributed by atoms with van der Waals surface area (Å²) in [5.41, 5.74) is 0.788. The van der Waals surface area contributed by atoms with Crippen LogP contribution in [0.2, 0.25) is 0 Å². The van der Waals surface area contributed by atoms with Crippen LogP contribution in [0, 0.1) is 17.8 Å². The van der Waals surface area contributed by atoms with Crippen LogP contribution in [0.25, 0.3) is 0 Å². The summed E-state index contributed by atoms with van der Waals surface area (Å²) in [5, 5.41) is 4.09. The molecule has 4 nitrogen and oxygen atoms in total. The number of benzene rings is 1. The number of hydrogen-bond donors (Lipinski definition) is 1. The monoisotopic (exact) mass is 394 g/mol. The van der Waals surface area contributed by atoms with Gasteiger partial charge in [-0.3, -0.25) is 4.57 Å². The maximum absolute atomic E-state index is 14.1. The molecular weight excluding hydrogens is 355 g/mol. The molecule has 4 unspecified atom stereocenters. The van der Waals surface area contributed by atoms with E-state index in [-0.39, 0.29) is 11.6 Å². The van der Waals surface area contributed by atoms with E-state index >= 15 is 0 Å². The summed E-state index contributed by atoms with van der Waals surface area (Å²) in [7, 11) is 0.834. The third-order valence-corrected chi connectivity index (χ3v) is 7.94. The van der Waals surface area contributed by atoms with Gasteiger partial charge in [0.25, 0.3) is 7.52 Å². The molecule has 0 radical (unpaired) electrons. The zero-order valence-corrected chi connectivity index (χ0v) is 19.3. The van der Waals surface area contributed by atoms with Gasteiger partial charge < -0.3 is 9.42 Å².